The van der Waals surface area contributed by atoms with Gasteiger partial charge in [0.25, 0.3) is 0 Å². The van der Waals surface area contributed by atoms with Crippen molar-refractivity contribution in [3.05, 3.63) is 46.7 Å². The van der Waals surface area contributed by atoms with E-state index >= 15 is 0 Å². The molecule has 106 valence electrons. The van der Waals surface area contributed by atoms with Gasteiger partial charge >= 0.3 is 6.03 Å². The van der Waals surface area contributed by atoms with Gasteiger partial charge < -0.3 is 11.1 Å². The van der Waals surface area contributed by atoms with E-state index in [0.717, 1.165) is 5.69 Å². The Kier molecular flexibility index (Phi) is 4.65. The van der Waals surface area contributed by atoms with Crippen molar-refractivity contribution in [3.8, 4) is 0 Å². The van der Waals surface area contributed by atoms with Crippen molar-refractivity contribution in [2.75, 3.05) is 5.32 Å². The van der Waals surface area contributed by atoms with Gasteiger partial charge in [0.2, 0.25) is 0 Å². The highest BCUT2D eigenvalue weighted by atomic mass is 32.1. The summed E-state index contributed by atoms with van der Waals surface area (Å²) in [6.07, 6.45) is 0. The number of amides is 2. The van der Waals surface area contributed by atoms with Crippen molar-refractivity contribution in [1.29, 1.82) is 0 Å². The Bertz CT molecular complexity index is 600. The first kappa shape index (κ1) is 14.4. The first-order valence-corrected chi connectivity index (χ1v) is 6.93. The molecule has 0 aliphatic carbocycles. The average Bonchev–Trinajstić information content (AvgIpc) is 2.85. The number of carbonyl (C=O) groups is 1. The monoisotopic (exact) mass is 294 g/mol. The van der Waals surface area contributed by atoms with Crippen LogP contribution in [0.3, 0.4) is 0 Å². The molecule has 0 aliphatic heterocycles. The lowest BCUT2D eigenvalue weighted by Crippen LogP contribution is -2.28. The highest BCUT2D eigenvalue weighted by Gasteiger charge is 2.08. The van der Waals surface area contributed by atoms with Crippen molar-refractivity contribution < 1.29 is 9.18 Å². The lowest BCUT2D eigenvalue weighted by molar-refractivity contribution is 0.251. The fourth-order valence-corrected chi connectivity index (χ4v) is 2.33. The second-order valence-electron chi connectivity index (χ2n) is 4.30. The third-order valence-electron chi connectivity index (χ3n) is 2.55. The van der Waals surface area contributed by atoms with E-state index in [4.69, 9.17) is 5.73 Å². The number of benzene rings is 1. The van der Waals surface area contributed by atoms with Gasteiger partial charge in [0.1, 0.15) is 5.82 Å². The smallest absolute Gasteiger partial charge is 0.321 e. The molecular weight excluding hydrogens is 279 g/mol. The molecule has 1 unspecified atom stereocenters. The number of hydrogen-bond donors (Lipinski definition) is 3. The maximum absolute atomic E-state index is 13.0. The molecule has 2 aromatic rings. The lowest BCUT2D eigenvalue weighted by atomic mass is 10.2. The van der Waals surface area contributed by atoms with Crippen molar-refractivity contribution in [2.45, 2.75) is 19.5 Å². The number of nitrogens with one attached hydrogen (secondary N) is 2. The molecule has 20 heavy (non-hydrogen) atoms. The summed E-state index contributed by atoms with van der Waals surface area (Å²) in [5.74, 6) is -0.328. The van der Waals surface area contributed by atoms with Gasteiger partial charge in [-0.2, -0.15) is 0 Å². The second kappa shape index (κ2) is 6.44. The summed E-state index contributed by atoms with van der Waals surface area (Å²) in [6, 6.07) is 5.50. The maximum Gasteiger partial charge on any atom is 0.321 e. The Morgan fingerprint density at radius 3 is 3.00 bits per heavy atom. The van der Waals surface area contributed by atoms with Crippen LogP contribution < -0.4 is 16.4 Å². The van der Waals surface area contributed by atoms with Crippen LogP contribution in [0.2, 0.25) is 0 Å². The van der Waals surface area contributed by atoms with E-state index in [9.17, 15) is 9.18 Å². The number of aromatic nitrogens is 1. The number of rotatable bonds is 4. The number of hydrogen-bond acceptors (Lipinski definition) is 4. The maximum atomic E-state index is 13.0. The minimum absolute atomic E-state index is 0.169. The number of nitrogens with two attached hydrogens (primary N) is 1. The summed E-state index contributed by atoms with van der Waals surface area (Å²) >= 11 is 1.31. The van der Waals surface area contributed by atoms with Crippen LogP contribution in [0.25, 0.3) is 0 Å². The second-order valence-corrected chi connectivity index (χ2v) is 5.16. The molecule has 2 amide bonds. The van der Waals surface area contributed by atoms with E-state index < -0.39 is 0 Å². The average molecular weight is 294 g/mol. The van der Waals surface area contributed by atoms with Crippen LogP contribution >= 0.6 is 11.3 Å². The van der Waals surface area contributed by atoms with E-state index in [2.05, 4.69) is 15.6 Å². The van der Waals surface area contributed by atoms with Gasteiger partial charge in [-0.3, -0.25) is 5.32 Å². The van der Waals surface area contributed by atoms with Gasteiger partial charge in [-0.15, -0.1) is 11.3 Å². The number of halogens is 1. The van der Waals surface area contributed by atoms with Crippen LogP contribution in [0.1, 0.15) is 24.2 Å². The van der Waals surface area contributed by atoms with Crippen LogP contribution in [-0.2, 0) is 6.54 Å². The van der Waals surface area contributed by atoms with Gasteiger partial charge in [0.15, 0.2) is 5.13 Å². The topological polar surface area (TPSA) is 80.0 Å². The molecule has 1 atom stereocenters. The third kappa shape index (κ3) is 4.01. The summed E-state index contributed by atoms with van der Waals surface area (Å²) in [4.78, 5) is 15.8. The zero-order chi connectivity index (χ0) is 14.5. The van der Waals surface area contributed by atoms with E-state index in [1.54, 1.807) is 17.5 Å². The largest absolute Gasteiger partial charge is 0.334 e. The summed E-state index contributed by atoms with van der Waals surface area (Å²) in [6.45, 7) is 2.07. The standard InChI is InChI=1S/C13H15FN4OS/c1-8(15)11-7-20-13(17-11)18-12(19)16-6-9-3-2-4-10(14)5-9/h2-5,7-8H,6,15H2,1H3,(H2,16,17,18,19). The molecular formula is C13H15FN4OS. The van der Waals surface area contributed by atoms with Crippen LogP contribution in [0.15, 0.2) is 29.6 Å². The molecule has 1 aromatic heterocycles. The molecule has 2 rings (SSSR count). The molecule has 0 saturated carbocycles. The highest BCUT2D eigenvalue weighted by Crippen LogP contribution is 2.18. The summed E-state index contributed by atoms with van der Waals surface area (Å²) in [7, 11) is 0. The van der Waals surface area contributed by atoms with E-state index in [0.29, 0.717) is 10.7 Å². The Morgan fingerprint density at radius 2 is 2.35 bits per heavy atom. The number of anilines is 1. The predicted molar refractivity (Wildman–Crippen MR) is 77.0 cm³/mol. The minimum atomic E-state index is -0.389. The van der Waals surface area contributed by atoms with Gasteiger partial charge in [-0.25, -0.2) is 14.2 Å². The Balaban J connectivity index is 1.86. The summed E-state index contributed by atoms with van der Waals surface area (Å²) in [5.41, 5.74) is 7.11. The number of nitrogens with zero attached hydrogens (tertiary/aromatic N) is 1. The van der Waals surface area contributed by atoms with E-state index in [1.165, 1.54) is 23.5 Å². The SMILES string of the molecule is CC(N)c1csc(NC(=O)NCc2cccc(F)c2)n1. The first-order chi connectivity index (χ1) is 9.54. The predicted octanol–water partition coefficient (Wildman–Crippen LogP) is 2.62. The van der Waals surface area contributed by atoms with Crippen LogP contribution in [0.4, 0.5) is 14.3 Å². The summed E-state index contributed by atoms with van der Waals surface area (Å²) in [5, 5.41) is 7.52. The number of carbonyl (C=O) groups excluding carboxylic acids is 1. The van der Waals surface area contributed by atoms with Crippen molar-refractivity contribution in [2.24, 2.45) is 5.73 Å². The van der Waals surface area contributed by atoms with Crippen LogP contribution in [0, 0.1) is 5.82 Å². The fourth-order valence-electron chi connectivity index (χ4n) is 1.52. The van der Waals surface area contributed by atoms with Gasteiger partial charge in [0, 0.05) is 18.0 Å². The van der Waals surface area contributed by atoms with Crippen molar-refractivity contribution in [1.82, 2.24) is 10.3 Å². The van der Waals surface area contributed by atoms with E-state index in [-0.39, 0.29) is 24.4 Å². The minimum Gasteiger partial charge on any atom is -0.334 e. The van der Waals surface area contributed by atoms with E-state index in [1.807, 2.05) is 6.92 Å². The lowest BCUT2D eigenvalue weighted by Gasteiger charge is -2.05. The Morgan fingerprint density at radius 1 is 1.55 bits per heavy atom. The van der Waals surface area contributed by atoms with Gasteiger partial charge in [-0.1, -0.05) is 12.1 Å². The molecule has 0 saturated heterocycles. The van der Waals surface area contributed by atoms with Gasteiger partial charge in [0.05, 0.1) is 5.69 Å². The Hall–Kier alpha value is -1.99. The molecule has 0 spiro atoms. The van der Waals surface area contributed by atoms with Crippen LogP contribution in [-0.4, -0.2) is 11.0 Å². The van der Waals surface area contributed by atoms with Crippen LogP contribution in [0.5, 0.6) is 0 Å². The molecule has 0 fully saturated rings. The fraction of sp³-hybridized carbons (Fsp3) is 0.231. The van der Waals surface area contributed by atoms with Crippen molar-refractivity contribution in [3.63, 3.8) is 0 Å². The van der Waals surface area contributed by atoms with Crippen molar-refractivity contribution >= 4 is 22.5 Å². The summed E-state index contributed by atoms with van der Waals surface area (Å²) < 4.78 is 13.0. The zero-order valence-electron chi connectivity index (χ0n) is 10.9. The number of urea groups is 1. The molecule has 0 aliphatic rings. The molecule has 7 heteroatoms. The zero-order valence-corrected chi connectivity index (χ0v) is 11.7. The molecule has 4 N–H and O–H groups in total. The molecule has 1 heterocycles. The number of thiazole rings is 1. The van der Waals surface area contributed by atoms with Gasteiger partial charge in [-0.05, 0) is 24.6 Å². The molecule has 0 radical (unpaired) electrons. The molecule has 5 nitrogen and oxygen atoms in total. The Labute approximate surface area is 120 Å². The molecule has 0 bridgehead atoms. The normalized spacial score (nSPS) is 11.9. The third-order valence-corrected chi connectivity index (χ3v) is 3.33. The highest BCUT2D eigenvalue weighted by molar-refractivity contribution is 7.13. The molecule has 1 aromatic carbocycles. The quantitative estimate of drug-likeness (QED) is 0.811. The first-order valence-electron chi connectivity index (χ1n) is 6.05.